The van der Waals surface area contributed by atoms with Gasteiger partial charge in [-0.15, -0.1) is 0 Å². The number of nitrogens with one attached hydrogen (secondary N) is 1. The summed E-state index contributed by atoms with van der Waals surface area (Å²) in [6.07, 6.45) is 0. The van der Waals surface area contributed by atoms with E-state index in [-0.39, 0.29) is 0 Å². The summed E-state index contributed by atoms with van der Waals surface area (Å²) in [6, 6.07) is 20.6. The van der Waals surface area contributed by atoms with Crippen molar-refractivity contribution < 1.29 is 4.74 Å². The quantitative estimate of drug-likeness (QED) is 0.435. The van der Waals surface area contributed by atoms with Crippen molar-refractivity contribution in [3.63, 3.8) is 0 Å². The Hall–Kier alpha value is -1.78. The highest BCUT2D eigenvalue weighted by Gasteiger charge is 2.05. The molecule has 0 spiro atoms. The highest BCUT2D eigenvalue weighted by atomic mass is 35.5. The molecule has 0 fully saturated rings. The summed E-state index contributed by atoms with van der Waals surface area (Å²) in [5, 5.41) is 5.13. The monoisotopic (exact) mass is 435 g/mol. The Balaban J connectivity index is 1.56. The summed E-state index contributed by atoms with van der Waals surface area (Å²) in [5.74, 6) is 0.735. The van der Waals surface area contributed by atoms with E-state index < -0.39 is 0 Å². The molecule has 0 bridgehead atoms. The molecule has 0 atom stereocenters. The molecule has 0 saturated carbocycles. The molecule has 0 saturated heterocycles. The van der Waals surface area contributed by atoms with Gasteiger partial charge in [0.1, 0.15) is 17.3 Å². The third-order valence-electron chi connectivity index (χ3n) is 3.92. The Morgan fingerprint density at radius 3 is 2.30 bits per heavy atom. The van der Waals surface area contributed by atoms with Gasteiger partial charge in [-0.25, -0.2) is 0 Å². The maximum absolute atomic E-state index is 6.16. The zero-order chi connectivity index (χ0) is 19.2. The first-order chi connectivity index (χ1) is 13.0. The van der Waals surface area contributed by atoms with Crippen molar-refractivity contribution in [2.45, 2.75) is 13.2 Å². The second-order valence-corrected chi connectivity index (χ2v) is 7.48. The minimum Gasteiger partial charge on any atom is -0.489 e. The van der Waals surface area contributed by atoms with Gasteiger partial charge in [0, 0.05) is 32.7 Å². The number of halogens is 3. The number of rotatable bonds is 6. The van der Waals surface area contributed by atoms with E-state index in [4.69, 9.17) is 51.8 Å². The molecule has 3 rings (SSSR count). The van der Waals surface area contributed by atoms with Crippen LogP contribution in [0.4, 0.5) is 0 Å². The largest absolute Gasteiger partial charge is 0.489 e. The van der Waals surface area contributed by atoms with Gasteiger partial charge >= 0.3 is 0 Å². The molecule has 6 heteroatoms. The van der Waals surface area contributed by atoms with E-state index in [1.807, 2.05) is 54.6 Å². The Kier molecular flexibility index (Phi) is 6.97. The Labute approximate surface area is 179 Å². The summed E-state index contributed by atoms with van der Waals surface area (Å²) in [4.78, 5) is 0.655. The van der Waals surface area contributed by atoms with Gasteiger partial charge in [-0.1, -0.05) is 71.3 Å². The fourth-order valence-corrected chi connectivity index (χ4v) is 3.30. The number of benzene rings is 3. The molecule has 27 heavy (non-hydrogen) atoms. The van der Waals surface area contributed by atoms with Crippen molar-refractivity contribution in [1.29, 1.82) is 0 Å². The summed E-state index contributed by atoms with van der Waals surface area (Å²) >= 11 is 23.7. The lowest BCUT2D eigenvalue weighted by molar-refractivity contribution is 0.306. The summed E-state index contributed by atoms with van der Waals surface area (Å²) in [5.41, 5.74) is 2.79. The maximum Gasteiger partial charge on any atom is 0.119 e. The molecule has 0 amide bonds. The Bertz CT molecular complexity index is 944. The van der Waals surface area contributed by atoms with Crippen LogP contribution in [0.3, 0.4) is 0 Å². The zero-order valence-corrected chi connectivity index (χ0v) is 17.3. The maximum atomic E-state index is 6.16. The van der Waals surface area contributed by atoms with E-state index in [9.17, 15) is 0 Å². The first kappa shape index (κ1) is 20.0. The molecular formula is C21H16Cl3NOS. The summed E-state index contributed by atoms with van der Waals surface area (Å²) < 4.78 is 5.78. The van der Waals surface area contributed by atoms with Crippen molar-refractivity contribution in [2.24, 2.45) is 0 Å². The predicted molar refractivity (Wildman–Crippen MR) is 117 cm³/mol. The smallest absolute Gasteiger partial charge is 0.119 e. The van der Waals surface area contributed by atoms with Crippen LogP contribution < -0.4 is 10.1 Å². The molecule has 0 aromatic heterocycles. The molecular weight excluding hydrogens is 421 g/mol. The molecule has 0 unspecified atom stereocenters. The summed E-state index contributed by atoms with van der Waals surface area (Å²) in [7, 11) is 0. The van der Waals surface area contributed by atoms with Crippen LogP contribution in [0.25, 0.3) is 0 Å². The third kappa shape index (κ3) is 5.60. The topological polar surface area (TPSA) is 21.3 Å². The first-order valence-electron chi connectivity index (χ1n) is 8.21. The molecule has 0 aliphatic carbocycles. The van der Waals surface area contributed by atoms with Crippen LogP contribution >= 0.6 is 47.0 Å². The van der Waals surface area contributed by atoms with Crippen molar-refractivity contribution in [2.75, 3.05) is 0 Å². The fraction of sp³-hybridized carbons (Fsp3) is 0.0952. The van der Waals surface area contributed by atoms with Gasteiger partial charge in [0.05, 0.1) is 0 Å². The number of hydrogen-bond donors (Lipinski definition) is 1. The van der Waals surface area contributed by atoms with Crippen molar-refractivity contribution in [3.8, 4) is 5.75 Å². The van der Waals surface area contributed by atoms with Gasteiger partial charge in [0.2, 0.25) is 0 Å². The first-order valence-corrected chi connectivity index (χ1v) is 9.75. The Morgan fingerprint density at radius 1 is 0.852 bits per heavy atom. The van der Waals surface area contributed by atoms with Gasteiger partial charge in [-0.05, 0) is 48.0 Å². The average molecular weight is 437 g/mol. The molecule has 138 valence electrons. The number of thiocarbonyl (C=S) groups is 1. The van der Waals surface area contributed by atoms with Crippen LogP contribution in [-0.2, 0) is 13.2 Å². The highest BCUT2D eigenvalue weighted by molar-refractivity contribution is 7.80. The van der Waals surface area contributed by atoms with E-state index in [0.717, 1.165) is 27.5 Å². The lowest BCUT2D eigenvalue weighted by Gasteiger charge is -2.11. The van der Waals surface area contributed by atoms with Crippen molar-refractivity contribution >= 4 is 52.0 Å². The second kappa shape index (κ2) is 9.43. The van der Waals surface area contributed by atoms with E-state index in [0.29, 0.717) is 28.2 Å². The second-order valence-electron chi connectivity index (χ2n) is 5.82. The van der Waals surface area contributed by atoms with E-state index in [2.05, 4.69) is 5.32 Å². The van der Waals surface area contributed by atoms with Gasteiger partial charge in [0.25, 0.3) is 0 Å². The van der Waals surface area contributed by atoms with Gasteiger partial charge < -0.3 is 10.1 Å². The van der Waals surface area contributed by atoms with Crippen LogP contribution in [0.15, 0.2) is 66.7 Å². The van der Waals surface area contributed by atoms with Crippen LogP contribution in [0.5, 0.6) is 5.75 Å². The zero-order valence-electron chi connectivity index (χ0n) is 14.2. The molecule has 0 aliphatic heterocycles. The number of hydrogen-bond acceptors (Lipinski definition) is 2. The van der Waals surface area contributed by atoms with Crippen LogP contribution in [0.2, 0.25) is 15.1 Å². The molecule has 0 heterocycles. The minimum atomic E-state index is 0.366. The molecule has 3 aromatic carbocycles. The highest BCUT2D eigenvalue weighted by Crippen LogP contribution is 2.23. The summed E-state index contributed by atoms with van der Waals surface area (Å²) in [6.45, 7) is 0.941. The third-order valence-corrected chi connectivity index (χ3v) is 5.26. The lowest BCUT2D eigenvalue weighted by Crippen LogP contribution is -2.21. The van der Waals surface area contributed by atoms with E-state index >= 15 is 0 Å². The SMILES string of the molecule is S=C(NCc1ccccc1Cl)c1ccc(OCc2ccc(Cl)cc2Cl)cc1. The molecule has 1 N–H and O–H groups in total. The van der Waals surface area contributed by atoms with Crippen LogP contribution in [0, 0.1) is 0 Å². The van der Waals surface area contributed by atoms with Crippen LogP contribution in [-0.4, -0.2) is 4.99 Å². The van der Waals surface area contributed by atoms with Gasteiger partial charge in [-0.3, -0.25) is 0 Å². The fourth-order valence-electron chi connectivity index (χ4n) is 2.42. The van der Waals surface area contributed by atoms with Crippen molar-refractivity contribution in [3.05, 3.63) is 98.5 Å². The molecule has 0 aliphatic rings. The molecule has 0 radical (unpaired) electrons. The average Bonchev–Trinajstić information content (AvgIpc) is 2.67. The van der Waals surface area contributed by atoms with Crippen LogP contribution in [0.1, 0.15) is 16.7 Å². The number of ether oxygens (including phenoxy) is 1. The minimum absolute atomic E-state index is 0.366. The van der Waals surface area contributed by atoms with Gasteiger partial charge in [0.15, 0.2) is 0 Å². The standard InChI is InChI=1S/C21H16Cl3NOS/c22-17-8-5-16(20(24)11-17)13-26-18-9-6-14(7-10-18)21(27)25-12-15-3-1-2-4-19(15)23/h1-11H,12-13H2,(H,25,27). The normalized spacial score (nSPS) is 10.5. The van der Waals surface area contributed by atoms with E-state index in [1.54, 1.807) is 12.1 Å². The van der Waals surface area contributed by atoms with Crippen molar-refractivity contribution in [1.82, 2.24) is 5.32 Å². The molecule has 2 nitrogen and oxygen atoms in total. The predicted octanol–water partition coefficient (Wildman–Crippen LogP) is 6.69. The lowest BCUT2D eigenvalue weighted by atomic mass is 10.2. The van der Waals surface area contributed by atoms with E-state index in [1.165, 1.54) is 0 Å². The molecule has 3 aromatic rings. The Morgan fingerprint density at radius 2 is 1.59 bits per heavy atom. The van der Waals surface area contributed by atoms with Gasteiger partial charge in [-0.2, -0.15) is 0 Å².